The van der Waals surface area contributed by atoms with E-state index in [1.54, 1.807) is 0 Å². The Bertz CT molecular complexity index is 323. The number of nitrogens with two attached hydrogens (primary N) is 1. The van der Waals surface area contributed by atoms with Gasteiger partial charge in [-0.05, 0) is 45.7 Å². The van der Waals surface area contributed by atoms with Gasteiger partial charge in [0.25, 0.3) is 0 Å². The second kappa shape index (κ2) is 6.89. The number of nitrogens with zero attached hydrogens (tertiary/aromatic N) is 1. The van der Waals surface area contributed by atoms with Crippen molar-refractivity contribution in [3.05, 3.63) is 0 Å². The summed E-state index contributed by atoms with van der Waals surface area (Å²) in [4.78, 5) is 25.3. The highest BCUT2D eigenvalue weighted by molar-refractivity contribution is 5.80. The molecule has 0 saturated carbocycles. The van der Waals surface area contributed by atoms with Crippen molar-refractivity contribution in [3.8, 4) is 0 Å². The zero-order valence-electron chi connectivity index (χ0n) is 12.5. The fraction of sp³-hybridized carbons (Fsp3) is 0.857. The quantitative estimate of drug-likeness (QED) is 0.772. The molecule has 5 heteroatoms. The van der Waals surface area contributed by atoms with E-state index >= 15 is 0 Å². The summed E-state index contributed by atoms with van der Waals surface area (Å²) in [6.07, 6.45) is 1.60. The molecule has 0 spiro atoms. The molecule has 1 fully saturated rings. The van der Waals surface area contributed by atoms with E-state index in [-0.39, 0.29) is 29.8 Å². The van der Waals surface area contributed by atoms with Gasteiger partial charge < -0.3 is 11.1 Å². The van der Waals surface area contributed by atoms with Gasteiger partial charge in [0.1, 0.15) is 0 Å². The molecule has 2 atom stereocenters. The number of rotatable bonds is 5. The molecular weight excluding hydrogens is 242 g/mol. The predicted octanol–water partition coefficient (Wildman–Crippen LogP) is 0.733. The van der Waals surface area contributed by atoms with Gasteiger partial charge in [0.2, 0.25) is 11.8 Å². The first-order valence-corrected chi connectivity index (χ1v) is 7.16. The molecule has 0 aliphatic carbocycles. The van der Waals surface area contributed by atoms with E-state index in [9.17, 15) is 9.59 Å². The van der Waals surface area contributed by atoms with Gasteiger partial charge in [0.15, 0.2) is 0 Å². The number of amides is 2. The van der Waals surface area contributed by atoms with Gasteiger partial charge in [-0.25, -0.2) is 0 Å². The van der Waals surface area contributed by atoms with Crippen LogP contribution in [0.3, 0.4) is 0 Å². The number of primary amides is 1. The lowest BCUT2D eigenvalue weighted by Gasteiger charge is -2.34. The summed E-state index contributed by atoms with van der Waals surface area (Å²) in [5.74, 6) is 0.361. The van der Waals surface area contributed by atoms with Crippen LogP contribution in [0.1, 0.15) is 40.5 Å². The van der Waals surface area contributed by atoms with E-state index in [0.29, 0.717) is 5.92 Å². The number of hydrogen-bond acceptors (Lipinski definition) is 3. The minimum atomic E-state index is -0.295. The van der Waals surface area contributed by atoms with Gasteiger partial charge in [-0.15, -0.1) is 0 Å². The van der Waals surface area contributed by atoms with Crippen molar-refractivity contribution < 1.29 is 9.59 Å². The van der Waals surface area contributed by atoms with Crippen LogP contribution in [0.15, 0.2) is 0 Å². The molecule has 0 aromatic heterocycles. The van der Waals surface area contributed by atoms with Gasteiger partial charge in [0.05, 0.1) is 6.04 Å². The third-order valence-corrected chi connectivity index (χ3v) is 4.23. The first kappa shape index (κ1) is 16.0. The van der Waals surface area contributed by atoms with Crippen molar-refractivity contribution in [1.29, 1.82) is 0 Å². The van der Waals surface area contributed by atoms with Crippen LogP contribution in [0.25, 0.3) is 0 Å². The number of carbonyl (C=O) groups excluding carboxylic acids is 2. The minimum absolute atomic E-state index is 0.0672. The van der Waals surface area contributed by atoms with Crippen molar-refractivity contribution in [2.45, 2.75) is 52.6 Å². The monoisotopic (exact) mass is 269 g/mol. The number of piperidine rings is 1. The van der Waals surface area contributed by atoms with Crippen molar-refractivity contribution in [2.75, 3.05) is 13.1 Å². The lowest BCUT2D eigenvalue weighted by Crippen LogP contribution is -2.49. The summed E-state index contributed by atoms with van der Waals surface area (Å²) in [7, 11) is 0. The minimum Gasteiger partial charge on any atom is -0.368 e. The molecule has 19 heavy (non-hydrogen) atoms. The Morgan fingerprint density at radius 3 is 2.11 bits per heavy atom. The molecule has 1 heterocycles. The molecule has 110 valence electrons. The highest BCUT2D eigenvalue weighted by Crippen LogP contribution is 2.19. The molecule has 0 aromatic carbocycles. The summed E-state index contributed by atoms with van der Waals surface area (Å²) in [5.41, 5.74) is 5.30. The molecule has 1 aliphatic heterocycles. The SMILES string of the molecule is CC(C)C(C)NC(=O)C1CCN(C(C)C(N)=O)CC1. The summed E-state index contributed by atoms with van der Waals surface area (Å²) in [6, 6.07) is -0.0336. The highest BCUT2D eigenvalue weighted by Gasteiger charge is 2.29. The Balaban J connectivity index is 2.41. The first-order chi connectivity index (χ1) is 8.82. The van der Waals surface area contributed by atoms with Gasteiger partial charge in [0, 0.05) is 12.0 Å². The van der Waals surface area contributed by atoms with Crippen LogP contribution in [0.4, 0.5) is 0 Å². The molecule has 0 bridgehead atoms. The third kappa shape index (κ3) is 4.49. The second-order valence-electron chi connectivity index (χ2n) is 5.93. The van der Waals surface area contributed by atoms with Crippen molar-refractivity contribution >= 4 is 11.8 Å². The zero-order chi connectivity index (χ0) is 14.6. The standard InChI is InChI=1S/C14H27N3O2/c1-9(2)10(3)16-14(19)12-5-7-17(8-6-12)11(4)13(15)18/h9-12H,5-8H2,1-4H3,(H2,15,18)(H,16,19). The summed E-state index contributed by atoms with van der Waals surface area (Å²) in [6.45, 7) is 9.58. The lowest BCUT2D eigenvalue weighted by molar-refractivity contribution is -0.128. The van der Waals surface area contributed by atoms with E-state index in [4.69, 9.17) is 5.73 Å². The summed E-state index contributed by atoms with van der Waals surface area (Å²) >= 11 is 0. The average molecular weight is 269 g/mol. The van der Waals surface area contributed by atoms with E-state index in [1.807, 2.05) is 13.8 Å². The van der Waals surface area contributed by atoms with E-state index < -0.39 is 0 Å². The molecular formula is C14H27N3O2. The highest BCUT2D eigenvalue weighted by atomic mass is 16.2. The van der Waals surface area contributed by atoms with Gasteiger partial charge in [-0.2, -0.15) is 0 Å². The maximum absolute atomic E-state index is 12.1. The molecule has 1 aliphatic rings. The third-order valence-electron chi connectivity index (χ3n) is 4.23. The maximum Gasteiger partial charge on any atom is 0.234 e. The van der Waals surface area contributed by atoms with E-state index in [0.717, 1.165) is 25.9 Å². The normalized spacial score (nSPS) is 21.1. The lowest BCUT2D eigenvalue weighted by atomic mass is 9.94. The number of nitrogens with one attached hydrogen (secondary N) is 1. The van der Waals surface area contributed by atoms with Crippen LogP contribution in [0.2, 0.25) is 0 Å². The topological polar surface area (TPSA) is 75.4 Å². The van der Waals surface area contributed by atoms with Crippen LogP contribution in [0, 0.1) is 11.8 Å². The Labute approximate surface area is 115 Å². The van der Waals surface area contributed by atoms with Gasteiger partial charge in [-0.3, -0.25) is 14.5 Å². The van der Waals surface area contributed by atoms with Gasteiger partial charge >= 0.3 is 0 Å². The van der Waals surface area contributed by atoms with Gasteiger partial charge in [-0.1, -0.05) is 13.8 Å². The van der Waals surface area contributed by atoms with E-state index in [2.05, 4.69) is 24.1 Å². The van der Waals surface area contributed by atoms with Crippen LogP contribution in [-0.2, 0) is 9.59 Å². The maximum atomic E-state index is 12.1. The van der Waals surface area contributed by atoms with Crippen molar-refractivity contribution in [1.82, 2.24) is 10.2 Å². The largest absolute Gasteiger partial charge is 0.368 e. The first-order valence-electron chi connectivity index (χ1n) is 7.16. The second-order valence-corrected chi connectivity index (χ2v) is 5.93. The van der Waals surface area contributed by atoms with Crippen LogP contribution in [-0.4, -0.2) is 41.9 Å². The molecule has 2 unspecified atom stereocenters. The van der Waals surface area contributed by atoms with Crippen LogP contribution < -0.4 is 11.1 Å². The number of hydrogen-bond donors (Lipinski definition) is 2. The smallest absolute Gasteiger partial charge is 0.234 e. The van der Waals surface area contributed by atoms with E-state index in [1.165, 1.54) is 0 Å². The molecule has 0 radical (unpaired) electrons. The number of carbonyl (C=O) groups is 2. The molecule has 5 nitrogen and oxygen atoms in total. The summed E-state index contributed by atoms with van der Waals surface area (Å²) in [5, 5.41) is 3.07. The van der Waals surface area contributed by atoms with Crippen molar-refractivity contribution in [2.24, 2.45) is 17.6 Å². The molecule has 1 rings (SSSR count). The predicted molar refractivity (Wildman–Crippen MR) is 75.4 cm³/mol. The fourth-order valence-corrected chi connectivity index (χ4v) is 2.24. The van der Waals surface area contributed by atoms with Crippen LogP contribution >= 0.6 is 0 Å². The zero-order valence-corrected chi connectivity index (χ0v) is 12.5. The number of likely N-dealkylation sites (tertiary alicyclic amines) is 1. The fourth-order valence-electron chi connectivity index (χ4n) is 2.24. The summed E-state index contributed by atoms with van der Waals surface area (Å²) < 4.78 is 0. The Hall–Kier alpha value is -1.10. The Morgan fingerprint density at radius 2 is 1.68 bits per heavy atom. The van der Waals surface area contributed by atoms with Crippen LogP contribution in [0.5, 0.6) is 0 Å². The Morgan fingerprint density at radius 1 is 1.16 bits per heavy atom. The molecule has 1 saturated heterocycles. The molecule has 0 aromatic rings. The van der Waals surface area contributed by atoms with Crippen molar-refractivity contribution in [3.63, 3.8) is 0 Å². The average Bonchev–Trinajstić information content (AvgIpc) is 2.37. The Kier molecular flexibility index (Phi) is 5.79. The molecule has 2 amide bonds. The molecule has 3 N–H and O–H groups in total.